The van der Waals surface area contributed by atoms with Crippen LogP contribution in [0, 0.1) is 11.8 Å². The van der Waals surface area contributed by atoms with Gasteiger partial charge in [-0.25, -0.2) is 4.98 Å². The minimum atomic E-state index is 0.0581. The number of aromatic nitrogens is 3. The van der Waals surface area contributed by atoms with Gasteiger partial charge in [-0.15, -0.1) is 0 Å². The number of nitrogens with zero attached hydrogens (tertiary/aromatic N) is 4. The summed E-state index contributed by atoms with van der Waals surface area (Å²) in [7, 11) is 0. The van der Waals surface area contributed by atoms with Crippen molar-refractivity contribution in [2.75, 3.05) is 25.0 Å². The molecule has 4 heterocycles. The first-order valence-electron chi connectivity index (χ1n) is 11.4. The number of carbonyl (C=O) groups is 1. The van der Waals surface area contributed by atoms with Crippen LogP contribution in [0.25, 0.3) is 22.0 Å². The number of fused-ring (bicyclic) bond motifs is 1. The van der Waals surface area contributed by atoms with Crippen LogP contribution in [0.3, 0.4) is 0 Å². The zero-order chi connectivity index (χ0) is 22.0. The van der Waals surface area contributed by atoms with Gasteiger partial charge in [-0.05, 0) is 69.5 Å². The smallest absolute Gasteiger partial charge is 0.228 e. The Morgan fingerprint density at radius 3 is 2.65 bits per heavy atom. The minimum absolute atomic E-state index is 0.0581. The van der Waals surface area contributed by atoms with Crippen molar-refractivity contribution in [1.82, 2.24) is 19.4 Å². The number of anilines is 1. The van der Waals surface area contributed by atoms with Gasteiger partial charge in [0.1, 0.15) is 5.82 Å². The Morgan fingerprint density at radius 2 is 1.94 bits per heavy atom. The van der Waals surface area contributed by atoms with E-state index in [9.17, 15) is 4.79 Å². The average molecular weight is 420 g/mol. The first kappa shape index (κ1) is 21.5. The Kier molecular flexibility index (Phi) is 6.37. The van der Waals surface area contributed by atoms with E-state index in [1.807, 2.05) is 30.6 Å². The SMILES string of the molecule is CC(C)CN1CCC(C(=O)Nc2cc(-c3cn(C(C)C)c4cnccc34)ccn2)CC1. The molecule has 0 unspecified atom stereocenters. The van der Waals surface area contributed by atoms with Gasteiger partial charge in [0.15, 0.2) is 0 Å². The third-order valence-corrected chi connectivity index (χ3v) is 6.10. The quantitative estimate of drug-likeness (QED) is 0.612. The molecule has 0 bridgehead atoms. The number of likely N-dealkylation sites (tertiary alicyclic amines) is 1. The summed E-state index contributed by atoms with van der Waals surface area (Å²) in [6.45, 7) is 11.9. The van der Waals surface area contributed by atoms with E-state index >= 15 is 0 Å². The number of nitrogens with one attached hydrogen (secondary N) is 1. The monoisotopic (exact) mass is 419 g/mol. The molecule has 1 N–H and O–H groups in total. The predicted molar refractivity (Wildman–Crippen MR) is 126 cm³/mol. The van der Waals surface area contributed by atoms with E-state index in [4.69, 9.17) is 0 Å². The van der Waals surface area contributed by atoms with Crippen LogP contribution in [-0.4, -0.2) is 45.0 Å². The Balaban J connectivity index is 1.50. The van der Waals surface area contributed by atoms with Crippen LogP contribution < -0.4 is 5.32 Å². The third kappa shape index (κ3) is 4.79. The number of hydrogen-bond donors (Lipinski definition) is 1. The van der Waals surface area contributed by atoms with Crippen LogP contribution in [0.2, 0.25) is 0 Å². The highest BCUT2D eigenvalue weighted by molar-refractivity contribution is 5.97. The molecule has 1 aliphatic heterocycles. The summed E-state index contributed by atoms with van der Waals surface area (Å²) >= 11 is 0. The largest absolute Gasteiger partial charge is 0.343 e. The first-order valence-corrected chi connectivity index (χ1v) is 11.4. The molecule has 0 saturated carbocycles. The first-order chi connectivity index (χ1) is 14.9. The van der Waals surface area contributed by atoms with Gasteiger partial charge in [0.05, 0.1) is 11.7 Å². The second kappa shape index (κ2) is 9.18. The molecule has 0 aliphatic carbocycles. The summed E-state index contributed by atoms with van der Waals surface area (Å²) in [4.78, 5) is 24.0. The predicted octanol–water partition coefficient (Wildman–Crippen LogP) is 4.99. The van der Waals surface area contributed by atoms with Crippen LogP contribution in [0.4, 0.5) is 5.82 Å². The number of amides is 1. The molecule has 1 fully saturated rings. The van der Waals surface area contributed by atoms with Gasteiger partial charge in [-0.3, -0.25) is 9.78 Å². The molecule has 0 spiro atoms. The summed E-state index contributed by atoms with van der Waals surface area (Å²) in [5.41, 5.74) is 3.29. The van der Waals surface area contributed by atoms with Crippen molar-refractivity contribution >= 4 is 22.6 Å². The van der Waals surface area contributed by atoms with Crippen molar-refractivity contribution in [3.05, 3.63) is 43.0 Å². The summed E-state index contributed by atoms with van der Waals surface area (Å²) < 4.78 is 2.24. The highest BCUT2D eigenvalue weighted by Gasteiger charge is 2.25. The summed E-state index contributed by atoms with van der Waals surface area (Å²) in [5, 5.41) is 4.22. The van der Waals surface area contributed by atoms with E-state index in [0.29, 0.717) is 17.8 Å². The van der Waals surface area contributed by atoms with Crippen molar-refractivity contribution in [2.45, 2.75) is 46.6 Å². The van der Waals surface area contributed by atoms with E-state index in [0.717, 1.165) is 54.5 Å². The van der Waals surface area contributed by atoms with E-state index < -0.39 is 0 Å². The summed E-state index contributed by atoms with van der Waals surface area (Å²) in [6, 6.07) is 6.36. The van der Waals surface area contributed by atoms with E-state index in [1.165, 1.54) is 0 Å². The fourth-order valence-electron chi connectivity index (χ4n) is 4.54. The Labute approximate surface area is 184 Å². The molecule has 1 saturated heterocycles. The summed E-state index contributed by atoms with van der Waals surface area (Å²) in [5.74, 6) is 1.42. The second-order valence-electron chi connectivity index (χ2n) is 9.32. The molecule has 164 valence electrons. The van der Waals surface area contributed by atoms with Crippen LogP contribution in [-0.2, 0) is 4.79 Å². The zero-order valence-corrected chi connectivity index (χ0v) is 19.0. The highest BCUT2D eigenvalue weighted by Crippen LogP contribution is 2.33. The van der Waals surface area contributed by atoms with Crippen LogP contribution in [0.15, 0.2) is 43.0 Å². The molecular weight excluding hydrogens is 386 g/mol. The second-order valence-corrected chi connectivity index (χ2v) is 9.32. The van der Waals surface area contributed by atoms with Gasteiger partial charge >= 0.3 is 0 Å². The Hall–Kier alpha value is -2.73. The maximum Gasteiger partial charge on any atom is 0.228 e. The summed E-state index contributed by atoms with van der Waals surface area (Å²) in [6.07, 6.45) is 9.50. The lowest BCUT2D eigenvalue weighted by molar-refractivity contribution is -0.121. The molecule has 4 rings (SSSR count). The molecule has 1 amide bonds. The lowest BCUT2D eigenvalue weighted by Gasteiger charge is -2.32. The van der Waals surface area contributed by atoms with Gasteiger partial charge in [-0.1, -0.05) is 13.8 Å². The molecule has 3 aromatic heterocycles. The van der Waals surface area contributed by atoms with Gasteiger partial charge < -0.3 is 14.8 Å². The third-order valence-electron chi connectivity index (χ3n) is 6.10. The van der Waals surface area contributed by atoms with Gasteiger partial charge in [-0.2, -0.15) is 0 Å². The molecular formula is C25H33N5O. The van der Waals surface area contributed by atoms with E-state index in [-0.39, 0.29) is 11.8 Å². The number of rotatable bonds is 6. The Bertz CT molecular complexity index is 1050. The molecule has 31 heavy (non-hydrogen) atoms. The van der Waals surface area contributed by atoms with Crippen molar-refractivity contribution in [3.8, 4) is 11.1 Å². The highest BCUT2D eigenvalue weighted by atomic mass is 16.1. The van der Waals surface area contributed by atoms with Crippen molar-refractivity contribution in [1.29, 1.82) is 0 Å². The molecule has 6 heteroatoms. The number of carbonyl (C=O) groups excluding carboxylic acids is 1. The molecule has 6 nitrogen and oxygen atoms in total. The Morgan fingerprint density at radius 1 is 1.16 bits per heavy atom. The van der Waals surface area contributed by atoms with Crippen LogP contribution >= 0.6 is 0 Å². The van der Waals surface area contributed by atoms with Crippen LogP contribution in [0.1, 0.15) is 46.6 Å². The number of pyridine rings is 2. The average Bonchev–Trinajstić information content (AvgIpc) is 3.14. The number of piperidine rings is 1. The van der Waals surface area contributed by atoms with Crippen molar-refractivity contribution in [2.24, 2.45) is 11.8 Å². The van der Waals surface area contributed by atoms with Crippen molar-refractivity contribution in [3.63, 3.8) is 0 Å². The van der Waals surface area contributed by atoms with E-state index in [1.54, 1.807) is 6.20 Å². The van der Waals surface area contributed by atoms with Gasteiger partial charge in [0.2, 0.25) is 5.91 Å². The molecule has 3 aromatic rings. The van der Waals surface area contributed by atoms with Crippen LogP contribution in [0.5, 0.6) is 0 Å². The zero-order valence-electron chi connectivity index (χ0n) is 19.0. The van der Waals surface area contributed by atoms with Gasteiger partial charge in [0, 0.05) is 48.0 Å². The van der Waals surface area contributed by atoms with E-state index in [2.05, 4.69) is 58.6 Å². The van der Waals surface area contributed by atoms with Crippen molar-refractivity contribution < 1.29 is 4.79 Å². The lowest BCUT2D eigenvalue weighted by atomic mass is 9.95. The minimum Gasteiger partial charge on any atom is -0.343 e. The van der Waals surface area contributed by atoms with Gasteiger partial charge in [0.25, 0.3) is 0 Å². The maximum atomic E-state index is 12.9. The maximum absolute atomic E-state index is 12.9. The molecule has 0 radical (unpaired) electrons. The fourth-order valence-corrected chi connectivity index (χ4v) is 4.54. The molecule has 1 aliphatic rings. The normalized spacial score (nSPS) is 15.8. The fraction of sp³-hybridized carbons (Fsp3) is 0.480. The topological polar surface area (TPSA) is 63.1 Å². The molecule has 0 aromatic carbocycles. The number of hydrogen-bond acceptors (Lipinski definition) is 4. The molecule has 0 atom stereocenters. The standard InChI is InChI=1S/C25H33N5O/c1-17(2)15-29-11-7-19(8-12-29)25(31)28-24-13-20(5-10-27-24)22-16-30(18(3)4)23-14-26-9-6-21(22)23/h5-6,9-10,13-14,16-19H,7-8,11-12,15H2,1-4H3,(H,27,28,31). The lowest BCUT2D eigenvalue weighted by Crippen LogP contribution is -2.39.